The van der Waals surface area contributed by atoms with E-state index >= 15 is 0 Å². The molecule has 1 heterocycles. The Hall–Kier alpha value is -2.12. The van der Waals surface area contributed by atoms with Crippen molar-refractivity contribution in [2.75, 3.05) is 18.0 Å². The molecule has 2 unspecified atom stereocenters. The van der Waals surface area contributed by atoms with Gasteiger partial charge in [-0.05, 0) is 31.4 Å². The van der Waals surface area contributed by atoms with Crippen LogP contribution in [0.25, 0.3) is 0 Å². The van der Waals surface area contributed by atoms with Crippen molar-refractivity contribution in [3.05, 3.63) is 30.3 Å². The Morgan fingerprint density at radius 2 is 1.32 bits per heavy atom. The number of rotatable bonds is 4. The minimum absolute atomic E-state index is 1.24. The normalized spacial score (nSPS) is 16.9. The van der Waals surface area contributed by atoms with Crippen molar-refractivity contribution in [3.8, 4) is 0 Å². The fourth-order valence-electron chi connectivity index (χ4n) is 2.06. The number of carboxylic acid groups (broad SMARTS) is 2. The lowest BCUT2D eigenvalue weighted by Crippen LogP contribution is -2.39. The van der Waals surface area contributed by atoms with Crippen LogP contribution in [-0.2, 0) is 9.59 Å². The molecule has 1 aliphatic rings. The van der Waals surface area contributed by atoms with Gasteiger partial charge in [0.2, 0.25) is 0 Å². The SMILES string of the molecule is O=C(O)C(O)C(O)C(=O)O.c1ccc(N2CCCCC2)cc1. The van der Waals surface area contributed by atoms with Crippen LogP contribution in [0.15, 0.2) is 30.3 Å². The van der Waals surface area contributed by atoms with Crippen molar-refractivity contribution < 1.29 is 30.0 Å². The third-order valence-corrected chi connectivity index (χ3v) is 3.28. The Balaban J connectivity index is 0.000000225. The average molecular weight is 311 g/mol. The van der Waals surface area contributed by atoms with Gasteiger partial charge in [0.05, 0.1) is 0 Å². The van der Waals surface area contributed by atoms with Crippen LogP contribution in [0.4, 0.5) is 5.69 Å². The van der Waals surface area contributed by atoms with Crippen LogP contribution in [0.2, 0.25) is 0 Å². The highest BCUT2D eigenvalue weighted by molar-refractivity contribution is 5.83. The van der Waals surface area contributed by atoms with E-state index in [1.807, 2.05) is 0 Å². The molecule has 1 aromatic carbocycles. The lowest BCUT2D eigenvalue weighted by atomic mass is 10.1. The number of aliphatic hydroxyl groups excluding tert-OH is 2. The number of nitrogens with zero attached hydrogens (tertiary/aromatic N) is 1. The number of carbonyl (C=O) groups is 2. The maximum Gasteiger partial charge on any atom is 0.335 e. The van der Waals surface area contributed by atoms with E-state index in [1.165, 1.54) is 38.0 Å². The minimum Gasteiger partial charge on any atom is -0.479 e. The lowest BCUT2D eigenvalue weighted by molar-refractivity contribution is -0.165. The first kappa shape index (κ1) is 17.9. The quantitative estimate of drug-likeness (QED) is 0.641. The van der Waals surface area contributed by atoms with Crippen LogP contribution in [-0.4, -0.2) is 57.7 Å². The molecule has 7 nitrogen and oxygen atoms in total. The molecule has 4 N–H and O–H groups in total. The van der Waals surface area contributed by atoms with Crippen molar-refractivity contribution in [1.82, 2.24) is 0 Å². The first-order valence-electron chi connectivity index (χ1n) is 7.05. The van der Waals surface area contributed by atoms with Crippen LogP contribution in [0.3, 0.4) is 0 Å². The Labute approximate surface area is 128 Å². The zero-order chi connectivity index (χ0) is 16.5. The molecule has 1 aromatic rings. The number of benzene rings is 1. The number of aliphatic hydroxyl groups is 2. The van der Waals surface area contributed by atoms with Crippen LogP contribution < -0.4 is 4.90 Å². The number of para-hydroxylation sites is 1. The molecule has 0 aromatic heterocycles. The van der Waals surface area contributed by atoms with Gasteiger partial charge in [-0.3, -0.25) is 0 Å². The predicted octanol–water partition coefficient (Wildman–Crippen LogP) is 0.554. The largest absolute Gasteiger partial charge is 0.479 e. The zero-order valence-corrected chi connectivity index (χ0v) is 12.1. The van der Waals surface area contributed by atoms with E-state index in [1.54, 1.807) is 0 Å². The van der Waals surface area contributed by atoms with E-state index in [-0.39, 0.29) is 0 Å². The highest BCUT2D eigenvalue weighted by Crippen LogP contribution is 2.18. The average Bonchev–Trinajstić information content (AvgIpc) is 2.55. The molecule has 2 rings (SSSR count). The maximum atomic E-state index is 9.77. The Bertz CT molecular complexity index is 454. The number of carboxylic acids is 2. The number of hydrogen-bond donors (Lipinski definition) is 4. The smallest absolute Gasteiger partial charge is 0.335 e. The molecule has 2 atom stereocenters. The summed E-state index contributed by atoms with van der Waals surface area (Å²) in [6.45, 7) is 2.48. The van der Waals surface area contributed by atoms with Gasteiger partial charge >= 0.3 is 11.9 Å². The van der Waals surface area contributed by atoms with Gasteiger partial charge < -0.3 is 25.3 Å². The van der Waals surface area contributed by atoms with Crippen LogP contribution in [0, 0.1) is 0 Å². The molecule has 1 fully saturated rings. The maximum absolute atomic E-state index is 9.77. The van der Waals surface area contributed by atoms with Gasteiger partial charge in [0.25, 0.3) is 0 Å². The third kappa shape index (κ3) is 5.71. The van der Waals surface area contributed by atoms with Crippen molar-refractivity contribution in [3.63, 3.8) is 0 Å². The molecule has 7 heteroatoms. The van der Waals surface area contributed by atoms with Gasteiger partial charge in [-0.1, -0.05) is 18.2 Å². The van der Waals surface area contributed by atoms with Gasteiger partial charge in [0.1, 0.15) is 0 Å². The van der Waals surface area contributed by atoms with Gasteiger partial charge in [0.15, 0.2) is 12.2 Å². The summed E-state index contributed by atoms with van der Waals surface area (Å²) in [7, 11) is 0. The monoisotopic (exact) mass is 311 g/mol. The van der Waals surface area contributed by atoms with Crippen molar-refractivity contribution in [2.45, 2.75) is 31.5 Å². The summed E-state index contributed by atoms with van der Waals surface area (Å²) in [5.41, 5.74) is 1.39. The third-order valence-electron chi connectivity index (χ3n) is 3.28. The summed E-state index contributed by atoms with van der Waals surface area (Å²) in [4.78, 5) is 22.0. The van der Waals surface area contributed by atoms with E-state index in [0.29, 0.717) is 0 Å². The van der Waals surface area contributed by atoms with Crippen LogP contribution in [0.1, 0.15) is 19.3 Å². The number of aliphatic carboxylic acids is 2. The molecule has 0 saturated carbocycles. The second-order valence-corrected chi connectivity index (χ2v) is 4.95. The molecule has 1 aliphatic heterocycles. The summed E-state index contributed by atoms with van der Waals surface area (Å²) in [6, 6.07) is 10.7. The minimum atomic E-state index is -2.27. The lowest BCUT2D eigenvalue weighted by Gasteiger charge is -2.28. The fraction of sp³-hybridized carbons (Fsp3) is 0.467. The summed E-state index contributed by atoms with van der Waals surface area (Å²) in [6.07, 6.45) is -0.414. The van der Waals surface area contributed by atoms with E-state index in [0.717, 1.165) is 0 Å². The van der Waals surface area contributed by atoms with Crippen molar-refractivity contribution >= 4 is 17.6 Å². The second kappa shape index (κ2) is 9.01. The van der Waals surface area contributed by atoms with Gasteiger partial charge in [0, 0.05) is 18.8 Å². The Morgan fingerprint density at radius 1 is 0.864 bits per heavy atom. The summed E-state index contributed by atoms with van der Waals surface area (Å²) in [5.74, 6) is -3.54. The molecule has 22 heavy (non-hydrogen) atoms. The molecule has 0 aliphatic carbocycles. The van der Waals surface area contributed by atoms with Gasteiger partial charge in [-0.15, -0.1) is 0 Å². The molecule has 0 amide bonds. The first-order valence-corrected chi connectivity index (χ1v) is 7.05. The van der Waals surface area contributed by atoms with E-state index in [2.05, 4.69) is 35.2 Å². The molecule has 0 bridgehead atoms. The highest BCUT2D eigenvalue weighted by atomic mass is 16.4. The number of anilines is 1. The first-order chi connectivity index (χ1) is 10.4. The summed E-state index contributed by atoms with van der Waals surface area (Å²) in [5, 5.41) is 32.5. The van der Waals surface area contributed by atoms with Crippen molar-refractivity contribution in [2.24, 2.45) is 0 Å². The topological polar surface area (TPSA) is 118 Å². The molecule has 0 spiro atoms. The van der Waals surface area contributed by atoms with Crippen LogP contribution in [0.5, 0.6) is 0 Å². The zero-order valence-electron chi connectivity index (χ0n) is 12.1. The van der Waals surface area contributed by atoms with Gasteiger partial charge in [-0.2, -0.15) is 0 Å². The highest BCUT2D eigenvalue weighted by Gasteiger charge is 2.29. The Morgan fingerprint density at radius 3 is 1.73 bits per heavy atom. The fourth-order valence-corrected chi connectivity index (χ4v) is 2.06. The van der Waals surface area contributed by atoms with E-state index in [9.17, 15) is 9.59 Å². The van der Waals surface area contributed by atoms with Crippen LogP contribution >= 0.6 is 0 Å². The summed E-state index contributed by atoms with van der Waals surface area (Å²) >= 11 is 0. The standard InChI is InChI=1S/C11H15N.C4H6O6/c1-3-7-11(8-4-1)12-9-5-2-6-10-12;5-1(3(7)8)2(6)4(9)10/h1,3-4,7-8H,2,5-6,9-10H2;1-2,5-6H,(H,7,8)(H,9,10). The molecule has 1 saturated heterocycles. The molecular weight excluding hydrogens is 290 g/mol. The van der Waals surface area contributed by atoms with Crippen molar-refractivity contribution in [1.29, 1.82) is 0 Å². The molecular formula is C15H21NO6. The molecule has 0 radical (unpaired) electrons. The Kier molecular flexibility index (Phi) is 7.34. The van der Waals surface area contributed by atoms with E-state index in [4.69, 9.17) is 20.4 Å². The number of piperidine rings is 1. The second-order valence-electron chi connectivity index (χ2n) is 4.95. The molecule has 122 valence electrons. The predicted molar refractivity (Wildman–Crippen MR) is 79.8 cm³/mol. The summed E-state index contributed by atoms with van der Waals surface area (Å²) < 4.78 is 0. The number of hydrogen-bond acceptors (Lipinski definition) is 5. The van der Waals surface area contributed by atoms with E-state index < -0.39 is 24.1 Å². The van der Waals surface area contributed by atoms with Gasteiger partial charge in [-0.25, -0.2) is 9.59 Å².